The zero-order chi connectivity index (χ0) is 12.4. The number of aryl methyl sites for hydroxylation is 1. The SMILES string of the molecule is Cc1noc([C@@H]2CCCN(C3CCOCC3)C2)n1. The molecular weight excluding hydrogens is 230 g/mol. The van der Waals surface area contributed by atoms with Crippen molar-refractivity contribution in [2.75, 3.05) is 26.3 Å². The van der Waals surface area contributed by atoms with Gasteiger partial charge in [-0.05, 0) is 39.2 Å². The molecule has 2 aliphatic heterocycles. The van der Waals surface area contributed by atoms with Gasteiger partial charge in [0.25, 0.3) is 0 Å². The van der Waals surface area contributed by atoms with Crippen LogP contribution in [0.4, 0.5) is 0 Å². The molecule has 0 saturated carbocycles. The first-order valence-electron chi connectivity index (χ1n) is 6.95. The minimum atomic E-state index is 0.419. The van der Waals surface area contributed by atoms with E-state index < -0.39 is 0 Å². The van der Waals surface area contributed by atoms with Gasteiger partial charge in [-0.2, -0.15) is 4.98 Å². The molecule has 18 heavy (non-hydrogen) atoms. The second-order valence-corrected chi connectivity index (χ2v) is 5.36. The highest BCUT2D eigenvalue weighted by Gasteiger charge is 2.30. The number of ether oxygens (including phenoxy) is 1. The van der Waals surface area contributed by atoms with E-state index in [1.165, 1.54) is 19.4 Å². The lowest BCUT2D eigenvalue weighted by molar-refractivity contribution is 0.0221. The molecule has 2 fully saturated rings. The highest BCUT2D eigenvalue weighted by Crippen LogP contribution is 2.28. The summed E-state index contributed by atoms with van der Waals surface area (Å²) in [6.07, 6.45) is 4.72. The van der Waals surface area contributed by atoms with Crippen LogP contribution in [0.1, 0.15) is 43.3 Å². The van der Waals surface area contributed by atoms with Crippen LogP contribution in [0.5, 0.6) is 0 Å². The van der Waals surface area contributed by atoms with Gasteiger partial charge in [-0.15, -0.1) is 0 Å². The molecule has 3 rings (SSSR count). The van der Waals surface area contributed by atoms with Crippen molar-refractivity contribution in [3.63, 3.8) is 0 Å². The average Bonchev–Trinajstić information content (AvgIpc) is 2.87. The minimum absolute atomic E-state index is 0.419. The zero-order valence-electron chi connectivity index (χ0n) is 11.0. The number of likely N-dealkylation sites (tertiary alicyclic amines) is 1. The Hall–Kier alpha value is -0.940. The summed E-state index contributed by atoms with van der Waals surface area (Å²) >= 11 is 0. The van der Waals surface area contributed by atoms with Gasteiger partial charge in [-0.25, -0.2) is 0 Å². The van der Waals surface area contributed by atoms with Crippen molar-refractivity contribution in [3.05, 3.63) is 11.7 Å². The van der Waals surface area contributed by atoms with Crippen LogP contribution in [0.15, 0.2) is 4.52 Å². The lowest BCUT2D eigenvalue weighted by atomic mass is 9.95. The van der Waals surface area contributed by atoms with Gasteiger partial charge >= 0.3 is 0 Å². The summed E-state index contributed by atoms with van der Waals surface area (Å²) < 4.78 is 10.8. The number of hydrogen-bond acceptors (Lipinski definition) is 5. The molecule has 3 heterocycles. The Balaban J connectivity index is 1.64. The predicted molar refractivity (Wildman–Crippen MR) is 66.4 cm³/mol. The molecule has 1 aromatic heterocycles. The Morgan fingerprint density at radius 2 is 2.06 bits per heavy atom. The van der Waals surface area contributed by atoms with Gasteiger partial charge in [0.05, 0.1) is 5.92 Å². The molecule has 0 N–H and O–H groups in total. The summed E-state index contributed by atoms with van der Waals surface area (Å²) in [6.45, 7) is 5.96. The molecule has 100 valence electrons. The molecule has 0 amide bonds. The molecule has 0 unspecified atom stereocenters. The molecule has 0 aromatic carbocycles. The second-order valence-electron chi connectivity index (χ2n) is 5.36. The van der Waals surface area contributed by atoms with Gasteiger partial charge in [0.15, 0.2) is 5.82 Å². The van der Waals surface area contributed by atoms with Crippen molar-refractivity contribution < 1.29 is 9.26 Å². The third-order valence-electron chi connectivity index (χ3n) is 4.05. The molecule has 1 aromatic rings. The highest BCUT2D eigenvalue weighted by atomic mass is 16.5. The lowest BCUT2D eigenvalue weighted by Gasteiger charge is -2.38. The summed E-state index contributed by atoms with van der Waals surface area (Å²) in [5.74, 6) is 1.99. The van der Waals surface area contributed by atoms with Gasteiger partial charge in [-0.3, -0.25) is 4.90 Å². The maximum absolute atomic E-state index is 5.44. The van der Waals surface area contributed by atoms with E-state index >= 15 is 0 Å². The van der Waals surface area contributed by atoms with Gasteiger partial charge in [0.1, 0.15) is 0 Å². The fraction of sp³-hybridized carbons (Fsp3) is 0.846. The Bertz CT molecular complexity index is 387. The molecule has 2 saturated heterocycles. The third-order valence-corrected chi connectivity index (χ3v) is 4.05. The summed E-state index contributed by atoms with van der Waals surface area (Å²) in [4.78, 5) is 6.98. The van der Waals surface area contributed by atoms with Crippen molar-refractivity contribution in [1.29, 1.82) is 0 Å². The smallest absolute Gasteiger partial charge is 0.231 e. The van der Waals surface area contributed by atoms with Gasteiger partial charge in [-0.1, -0.05) is 5.16 Å². The van der Waals surface area contributed by atoms with Crippen molar-refractivity contribution in [2.24, 2.45) is 0 Å². The summed E-state index contributed by atoms with van der Waals surface area (Å²) in [6, 6.07) is 0.686. The first-order chi connectivity index (χ1) is 8.83. The van der Waals surface area contributed by atoms with Crippen LogP contribution < -0.4 is 0 Å². The fourth-order valence-corrected chi connectivity index (χ4v) is 3.07. The monoisotopic (exact) mass is 251 g/mol. The van der Waals surface area contributed by atoms with E-state index in [0.29, 0.717) is 12.0 Å². The standard InChI is InChI=1S/C13H21N3O2/c1-10-14-13(18-15-10)11-3-2-6-16(9-11)12-4-7-17-8-5-12/h11-12H,2-9H2,1H3/t11-/m1/s1. The Morgan fingerprint density at radius 1 is 1.22 bits per heavy atom. The van der Waals surface area contributed by atoms with E-state index in [0.717, 1.165) is 44.3 Å². The van der Waals surface area contributed by atoms with Crippen LogP contribution in [-0.4, -0.2) is 47.4 Å². The van der Waals surface area contributed by atoms with Crippen molar-refractivity contribution in [1.82, 2.24) is 15.0 Å². The molecule has 5 heteroatoms. The van der Waals surface area contributed by atoms with E-state index in [2.05, 4.69) is 15.0 Å². The molecule has 0 aliphatic carbocycles. The van der Waals surface area contributed by atoms with Gasteiger partial charge < -0.3 is 9.26 Å². The van der Waals surface area contributed by atoms with E-state index in [4.69, 9.17) is 9.26 Å². The van der Waals surface area contributed by atoms with E-state index in [-0.39, 0.29) is 0 Å². The number of rotatable bonds is 2. The van der Waals surface area contributed by atoms with Gasteiger partial charge in [0, 0.05) is 25.8 Å². The first kappa shape index (κ1) is 12.1. The topological polar surface area (TPSA) is 51.4 Å². The summed E-state index contributed by atoms with van der Waals surface area (Å²) in [5.41, 5.74) is 0. The minimum Gasteiger partial charge on any atom is -0.381 e. The summed E-state index contributed by atoms with van der Waals surface area (Å²) in [5, 5.41) is 3.90. The van der Waals surface area contributed by atoms with Crippen LogP contribution in [0, 0.1) is 6.92 Å². The Morgan fingerprint density at radius 3 is 2.78 bits per heavy atom. The Kier molecular flexibility index (Phi) is 3.61. The third kappa shape index (κ3) is 2.57. The van der Waals surface area contributed by atoms with Crippen LogP contribution in [0.3, 0.4) is 0 Å². The molecular formula is C13H21N3O2. The zero-order valence-corrected chi connectivity index (χ0v) is 11.0. The molecule has 0 spiro atoms. The average molecular weight is 251 g/mol. The maximum Gasteiger partial charge on any atom is 0.231 e. The molecule has 0 radical (unpaired) electrons. The van der Waals surface area contributed by atoms with Crippen LogP contribution in [0.2, 0.25) is 0 Å². The quantitative estimate of drug-likeness (QED) is 0.801. The highest BCUT2D eigenvalue weighted by molar-refractivity contribution is 4.97. The lowest BCUT2D eigenvalue weighted by Crippen LogP contribution is -2.44. The molecule has 1 atom stereocenters. The normalized spacial score (nSPS) is 27.5. The van der Waals surface area contributed by atoms with Gasteiger partial charge in [0.2, 0.25) is 5.89 Å². The Labute approximate surface area is 107 Å². The first-order valence-corrected chi connectivity index (χ1v) is 6.95. The maximum atomic E-state index is 5.44. The van der Waals surface area contributed by atoms with E-state index in [9.17, 15) is 0 Å². The summed E-state index contributed by atoms with van der Waals surface area (Å²) in [7, 11) is 0. The second kappa shape index (κ2) is 5.36. The van der Waals surface area contributed by atoms with Crippen LogP contribution in [0.25, 0.3) is 0 Å². The molecule has 5 nitrogen and oxygen atoms in total. The molecule has 2 aliphatic rings. The van der Waals surface area contributed by atoms with Crippen molar-refractivity contribution in [2.45, 2.75) is 44.6 Å². The van der Waals surface area contributed by atoms with Crippen LogP contribution in [-0.2, 0) is 4.74 Å². The number of aromatic nitrogens is 2. The van der Waals surface area contributed by atoms with E-state index in [1.54, 1.807) is 0 Å². The number of nitrogens with zero attached hydrogens (tertiary/aromatic N) is 3. The predicted octanol–water partition coefficient (Wildman–Crippen LogP) is 1.74. The number of hydrogen-bond donors (Lipinski definition) is 0. The van der Waals surface area contributed by atoms with Crippen molar-refractivity contribution in [3.8, 4) is 0 Å². The molecule has 0 bridgehead atoms. The van der Waals surface area contributed by atoms with E-state index in [1.807, 2.05) is 6.92 Å². The fourth-order valence-electron chi connectivity index (χ4n) is 3.07. The van der Waals surface area contributed by atoms with Crippen molar-refractivity contribution >= 4 is 0 Å². The number of piperidine rings is 1. The van der Waals surface area contributed by atoms with Crippen LogP contribution >= 0.6 is 0 Å². The largest absolute Gasteiger partial charge is 0.381 e.